The van der Waals surface area contributed by atoms with E-state index in [0.29, 0.717) is 17.2 Å². The fourth-order valence-electron chi connectivity index (χ4n) is 7.22. The average Bonchev–Trinajstić information content (AvgIpc) is 3.80. The normalized spacial score (nSPS) is 11.5. The van der Waals surface area contributed by atoms with E-state index in [9.17, 15) is 0 Å². The Labute approximate surface area is 310 Å². The second-order valence-electron chi connectivity index (χ2n) is 12.6. The van der Waals surface area contributed by atoms with Crippen LogP contribution in [0.4, 0.5) is 0 Å². The van der Waals surface area contributed by atoms with Crippen LogP contribution in [0.5, 0.6) is 11.5 Å². The predicted octanol–water partition coefficient (Wildman–Crippen LogP) is 9.99. The van der Waals surface area contributed by atoms with Gasteiger partial charge in [-0.05, 0) is 61.0 Å². The van der Waals surface area contributed by atoms with Gasteiger partial charge >= 0.3 is 21.1 Å². The topological polar surface area (TPSA) is 62.7 Å². The number of para-hydroxylation sites is 3. The fourth-order valence-corrected chi connectivity index (χ4v) is 7.22. The Morgan fingerprint density at radius 1 is 0.627 bits per heavy atom. The third-order valence-electron chi connectivity index (χ3n) is 9.71. The molecule has 0 saturated carbocycles. The van der Waals surface area contributed by atoms with Crippen molar-refractivity contribution < 1.29 is 25.8 Å². The summed E-state index contributed by atoms with van der Waals surface area (Å²) < 4.78 is 11.0. The summed E-state index contributed by atoms with van der Waals surface area (Å²) in [4.78, 5) is 6.56. The maximum absolute atomic E-state index is 6.38. The molecule has 0 aliphatic carbocycles. The van der Waals surface area contributed by atoms with Crippen LogP contribution in [-0.4, -0.2) is 29.1 Å². The van der Waals surface area contributed by atoms with Gasteiger partial charge in [0.05, 0.1) is 28.1 Å². The third kappa shape index (κ3) is 5.35. The second-order valence-corrected chi connectivity index (χ2v) is 12.6. The summed E-state index contributed by atoms with van der Waals surface area (Å²) in [5.41, 5.74) is 10.6. The van der Waals surface area contributed by atoms with Crippen LogP contribution >= 0.6 is 0 Å². The number of benzene rings is 5. The van der Waals surface area contributed by atoms with E-state index < -0.39 is 0 Å². The molecule has 0 fully saturated rings. The Kier molecular flexibility index (Phi) is 8.32. The summed E-state index contributed by atoms with van der Waals surface area (Å²) >= 11 is 0. The van der Waals surface area contributed by atoms with Crippen LogP contribution in [0, 0.1) is 26.0 Å². The number of nitrogens with zero attached hydrogens (tertiary/aromatic N) is 6. The number of aromatic nitrogens is 6. The largest absolute Gasteiger partial charge is 2.00 e. The quantitative estimate of drug-likeness (QED) is 0.150. The minimum absolute atomic E-state index is 0. The first-order chi connectivity index (χ1) is 24.5. The van der Waals surface area contributed by atoms with Gasteiger partial charge in [-0.1, -0.05) is 74.0 Å². The van der Waals surface area contributed by atoms with Crippen LogP contribution in [-0.2, 0) is 33.9 Å². The SMILES string of the molecule is CCc1cccc2c3cccc(CC)c3n(-c3ccnc(-n4c5[c-]c(Oc6[c-]c(-n7nc(C)c(C)n7)ccc6)ccc5c5ccccc54)c3)c12.[Pt+2]. The van der Waals surface area contributed by atoms with E-state index in [4.69, 9.17) is 9.72 Å². The molecule has 0 unspecified atom stereocenters. The Hall–Kier alpha value is -5.52. The molecule has 4 aromatic heterocycles. The number of ether oxygens (including phenoxy) is 1. The van der Waals surface area contributed by atoms with Crippen molar-refractivity contribution in [1.82, 2.24) is 29.1 Å². The maximum atomic E-state index is 6.38. The van der Waals surface area contributed by atoms with E-state index in [1.165, 1.54) is 32.9 Å². The number of aryl methyl sites for hydroxylation is 4. The van der Waals surface area contributed by atoms with E-state index >= 15 is 0 Å². The first kappa shape index (κ1) is 32.7. The molecular weight excluding hydrogens is 812 g/mol. The van der Waals surface area contributed by atoms with Crippen molar-refractivity contribution >= 4 is 43.6 Å². The molecule has 4 heterocycles. The van der Waals surface area contributed by atoms with Crippen LogP contribution in [0.15, 0.2) is 109 Å². The summed E-state index contributed by atoms with van der Waals surface area (Å²) in [6, 6.07) is 42.8. The molecule has 0 amide bonds. The zero-order valence-electron chi connectivity index (χ0n) is 28.7. The summed E-state index contributed by atoms with van der Waals surface area (Å²) in [5.74, 6) is 1.94. The number of hydrogen-bond acceptors (Lipinski definition) is 4. The summed E-state index contributed by atoms with van der Waals surface area (Å²) in [6.07, 6.45) is 3.80. The van der Waals surface area contributed by atoms with Gasteiger partial charge in [-0.2, -0.15) is 27.1 Å². The number of rotatable bonds is 7. The molecule has 0 bridgehead atoms. The van der Waals surface area contributed by atoms with Crippen molar-refractivity contribution in [2.45, 2.75) is 40.5 Å². The van der Waals surface area contributed by atoms with Gasteiger partial charge in [0, 0.05) is 40.1 Å². The summed E-state index contributed by atoms with van der Waals surface area (Å²) in [6.45, 7) is 8.35. The third-order valence-corrected chi connectivity index (χ3v) is 9.71. The zero-order valence-corrected chi connectivity index (χ0v) is 31.0. The minimum atomic E-state index is 0. The zero-order chi connectivity index (χ0) is 33.9. The molecule has 7 nitrogen and oxygen atoms in total. The molecular formula is C43H34N6OPt. The molecule has 0 N–H and O–H groups in total. The Morgan fingerprint density at radius 3 is 1.98 bits per heavy atom. The van der Waals surface area contributed by atoms with E-state index in [2.05, 4.69) is 124 Å². The molecule has 8 heteroatoms. The van der Waals surface area contributed by atoms with Crippen LogP contribution in [0.25, 0.3) is 60.8 Å². The van der Waals surface area contributed by atoms with Gasteiger partial charge in [-0.25, -0.2) is 4.98 Å². The van der Waals surface area contributed by atoms with Gasteiger partial charge in [0.2, 0.25) is 0 Å². The molecule has 9 rings (SSSR count). The van der Waals surface area contributed by atoms with E-state index in [-0.39, 0.29) is 21.1 Å². The molecule has 252 valence electrons. The molecule has 0 aliphatic heterocycles. The molecule has 5 aromatic carbocycles. The van der Waals surface area contributed by atoms with Gasteiger partial charge in [-0.15, -0.1) is 35.7 Å². The van der Waals surface area contributed by atoms with E-state index in [0.717, 1.165) is 57.5 Å². The van der Waals surface area contributed by atoms with Crippen molar-refractivity contribution in [3.63, 3.8) is 0 Å². The van der Waals surface area contributed by atoms with Crippen molar-refractivity contribution in [2.75, 3.05) is 0 Å². The van der Waals surface area contributed by atoms with Crippen LogP contribution in [0.2, 0.25) is 0 Å². The molecule has 0 saturated heterocycles. The van der Waals surface area contributed by atoms with Crippen LogP contribution in [0.1, 0.15) is 36.4 Å². The Bertz CT molecular complexity index is 2670. The van der Waals surface area contributed by atoms with Gasteiger partial charge in [0.15, 0.2) is 0 Å². The van der Waals surface area contributed by atoms with Gasteiger partial charge in [0.1, 0.15) is 5.82 Å². The van der Waals surface area contributed by atoms with Crippen LogP contribution in [0.3, 0.4) is 0 Å². The number of fused-ring (bicyclic) bond motifs is 6. The molecule has 0 spiro atoms. The van der Waals surface area contributed by atoms with Gasteiger partial charge < -0.3 is 13.9 Å². The molecule has 51 heavy (non-hydrogen) atoms. The predicted molar refractivity (Wildman–Crippen MR) is 200 cm³/mol. The fraction of sp³-hybridized carbons (Fsp3) is 0.140. The Morgan fingerprint density at radius 2 is 1.27 bits per heavy atom. The van der Waals surface area contributed by atoms with Gasteiger partial charge in [-0.3, -0.25) is 0 Å². The number of hydrogen-bond donors (Lipinski definition) is 0. The molecule has 0 atom stereocenters. The maximum Gasteiger partial charge on any atom is 2.00 e. The summed E-state index contributed by atoms with van der Waals surface area (Å²) in [7, 11) is 0. The summed E-state index contributed by atoms with van der Waals surface area (Å²) in [5, 5.41) is 13.8. The number of pyridine rings is 1. The van der Waals surface area contributed by atoms with Crippen LogP contribution < -0.4 is 4.74 Å². The van der Waals surface area contributed by atoms with E-state index in [1.807, 2.05) is 44.3 Å². The molecule has 0 aliphatic rings. The van der Waals surface area contributed by atoms with E-state index in [1.54, 1.807) is 4.80 Å². The Balaban J connectivity index is 0.00000374. The van der Waals surface area contributed by atoms with Crippen molar-refractivity contribution in [1.29, 1.82) is 0 Å². The molecule has 0 radical (unpaired) electrons. The smallest absolute Gasteiger partial charge is 0.509 e. The average molecular weight is 846 g/mol. The second kappa shape index (κ2) is 13.0. The van der Waals surface area contributed by atoms with Gasteiger partial charge in [0.25, 0.3) is 0 Å². The first-order valence-electron chi connectivity index (χ1n) is 17.1. The molecule has 9 aromatic rings. The van der Waals surface area contributed by atoms with Crippen molar-refractivity contribution in [3.8, 4) is 28.7 Å². The standard InChI is InChI=1S/C43H34N6O.Pt/c1-5-29-12-9-17-37-38-18-10-13-30(6-2)43(38)47(42(29)37)31-22-23-44-41(25-31)48-39-19-8-7-16-35(39)36-21-20-34(26-40(36)48)50-33-15-11-14-32(24-33)49-45-27(3)28(4)46-49;/h7-23,25H,5-6H2,1-4H3;/q-2;+2. The van der Waals surface area contributed by atoms with Crippen molar-refractivity contribution in [2.24, 2.45) is 0 Å². The minimum Gasteiger partial charge on any atom is -0.509 e. The van der Waals surface area contributed by atoms with Crippen molar-refractivity contribution in [3.05, 3.63) is 144 Å². The first-order valence-corrected chi connectivity index (χ1v) is 17.1. The monoisotopic (exact) mass is 845 g/mol.